The van der Waals surface area contributed by atoms with Crippen LogP contribution >= 0.6 is 0 Å². The summed E-state index contributed by atoms with van der Waals surface area (Å²) < 4.78 is 0. The van der Waals surface area contributed by atoms with Gasteiger partial charge in [0, 0.05) is 49.8 Å². The minimum atomic E-state index is -0.308. The van der Waals surface area contributed by atoms with Crippen LogP contribution in [0.25, 0.3) is 0 Å². The molecule has 2 aromatic carbocycles. The van der Waals surface area contributed by atoms with E-state index in [1.807, 2.05) is 54.7 Å². The van der Waals surface area contributed by atoms with E-state index in [0.717, 1.165) is 56.3 Å². The number of para-hydroxylation sites is 1. The summed E-state index contributed by atoms with van der Waals surface area (Å²) in [6.07, 6.45) is 8.16. The van der Waals surface area contributed by atoms with Gasteiger partial charge in [0.15, 0.2) is 0 Å². The number of carbonyl (C=O) groups is 2. The quantitative estimate of drug-likeness (QED) is 0.563. The highest BCUT2D eigenvalue weighted by Crippen LogP contribution is 2.33. The molecule has 7 nitrogen and oxygen atoms in total. The lowest BCUT2D eigenvalue weighted by molar-refractivity contribution is 0.0720. The fourth-order valence-electron chi connectivity index (χ4n) is 5.44. The van der Waals surface area contributed by atoms with Gasteiger partial charge in [0.2, 0.25) is 0 Å². The monoisotopic (exact) mass is 484 g/mol. The van der Waals surface area contributed by atoms with Crippen molar-refractivity contribution in [2.45, 2.75) is 44.2 Å². The number of aromatic hydroxyl groups is 1. The number of amides is 2. The number of hydrogen-bond donors (Lipinski definition) is 2. The first-order valence-corrected chi connectivity index (χ1v) is 12.6. The Morgan fingerprint density at radius 3 is 2.64 bits per heavy atom. The summed E-state index contributed by atoms with van der Waals surface area (Å²) in [6, 6.07) is 16.5. The van der Waals surface area contributed by atoms with Crippen molar-refractivity contribution in [2.24, 2.45) is 0 Å². The Balaban J connectivity index is 1.27. The van der Waals surface area contributed by atoms with Gasteiger partial charge in [-0.05, 0) is 79.6 Å². The fraction of sp³-hybridized carbons (Fsp3) is 0.345. The smallest absolute Gasteiger partial charge is 0.255 e. The number of phenols is 1. The Labute approximate surface area is 211 Å². The van der Waals surface area contributed by atoms with Gasteiger partial charge < -0.3 is 20.2 Å². The second-order valence-electron chi connectivity index (χ2n) is 9.69. The van der Waals surface area contributed by atoms with Gasteiger partial charge in [-0.15, -0.1) is 0 Å². The van der Waals surface area contributed by atoms with Gasteiger partial charge in [-0.1, -0.05) is 18.2 Å². The SMILES string of the molecule is CN(C(=O)c1ccc2c(c1)C(NC(=O)c1ccccc1O)CC2)C1CCCN(c2ccncc2)CC1. The molecule has 1 fully saturated rings. The minimum Gasteiger partial charge on any atom is -0.507 e. The van der Waals surface area contributed by atoms with Gasteiger partial charge in [0.05, 0.1) is 11.6 Å². The number of carbonyl (C=O) groups excluding carboxylic acids is 2. The third kappa shape index (κ3) is 4.91. The molecule has 5 rings (SSSR count). The molecule has 2 aliphatic rings. The van der Waals surface area contributed by atoms with Crippen LogP contribution in [0.4, 0.5) is 5.69 Å². The van der Waals surface area contributed by atoms with E-state index < -0.39 is 0 Å². The first-order valence-electron chi connectivity index (χ1n) is 12.6. The summed E-state index contributed by atoms with van der Waals surface area (Å²) >= 11 is 0. The van der Waals surface area contributed by atoms with Crippen LogP contribution in [0.1, 0.15) is 63.6 Å². The van der Waals surface area contributed by atoms with E-state index in [4.69, 9.17) is 0 Å². The van der Waals surface area contributed by atoms with Crippen LogP contribution in [-0.2, 0) is 6.42 Å². The van der Waals surface area contributed by atoms with E-state index >= 15 is 0 Å². The minimum absolute atomic E-state index is 0.0119. The summed E-state index contributed by atoms with van der Waals surface area (Å²) in [4.78, 5) is 34.6. The first-order chi connectivity index (χ1) is 17.5. The number of aryl methyl sites for hydroxylation is 1. The van der Waals surface area contributed by atoms with Gasteiger partial charge in [-0.25, -0.2) is 0 Å². The molecular formula is C29H32N4O3. The molecule has 2 atom stereocenters. The molecule has 36 heavy (non-hydrogen) atoms. The molecule has 0 saturated carbocycles. The van der Waals surface area contributed by atoms with E-state index in [2.05, 4.69) is 15.2 Å². The summed E-state index contributed by atoms with van der Waals surface area (Å²) in [7, 11) is 1.90. The molecule has 0 radical (unpaired) electrons. The van der Waals surface area contributed by atoms with E-state index in [0.29, 0.717) is 5.56 Å². The van der Waals surface area contributed by atoms with Gasteiger partial charge in [-0.2, -0.15) is 0 Å². The van der Waals surface area contributed by atoms with Crippen molar-refractivity contribution in [3.63, 3.8) is 0 Å². The maximum Gasteiger partial charge on any atom is 0.255 e. The van der Waals surface area contributed by atoms with Crippen LogP contribution in [0.5, 0.6) is 5.75 Å². The van der Waals surface area contributed by atoms with Crippen LogP contribution in [0.15, 0.2) is 67.0 Å². The van der Waals surface area contributed by atoms with Gasteiger partial charge in [0.1, 0.15) is 5.75 Å². The second kappa shape index (κ2) is 10.4. The summed E-state index contributed by atoms with van der Waals surface area (Å²) in [5.41, 5.74) is 4.22. The molecule has 2 amide bonds. The Hall–Kier alpha value is -3.87. The molecule has 0 spiro atoms. The van der Waals surface area contributed by atoms with Crippen molar-refractivity contribution in [3.05, 3.63) is 89.2 Å². The van der Waals surface area contributed by atoms with Crippen LogP contribution < -0.4 is 10.2 Å². The average molecular weight is 485 g/mol. The second-order valence-corrected chi connectivity index (χ2v) is 9.69. The molecule has 0 bridgehead atoms. The van der Waals surface area contributed by atoms with Crippen LogP contribution in [0.3, 0.4) is 0 Å². The number of hydrogen-bond acceptors (Lipinski definition) is 5. The molecule has 3 aromatic rings. The summed E-state index contributed by atoms with van der Waals surface area (Å²) in [6.45, 7) is 1.87. The number of aromatic nitrogens is 1. The average Bonchev–Trinajstić information content (AvgIpc) is 3.13. The summed E-state index contributed by atoms with van der Waals surface area (Å²) in [5.74, 6) is -0.334. The van der Waals surface area contributed by atoms with Crippen molar-refractivity contribution >= 4 is 17.5 Å². The highest BCUT2D eigenvalue weighted by molar-refractivity contribution is 5.97. The highest BCUT2D eigenvalue weighted by atomic mass is 16.3. The van der Waals surface area contributed by atoms with Crippen LogP contribution in [0, 0.1) is 0 Å². The van der Waals surface area contributed by atoms with Crippen molar-refractivity contribution in [3.8, 4) is 5.75 Å². The maximum absolute atomic E-state index is 13.5. The van der Waals surface area contributed by atoms with Crippen molar-refractivity contribution < 1.29 is 14.7 Å². The number of fused-ring (bicyclic) bond motifs is 1. The normalized spacial score (nSPS) is 19.3. The molecule has 2 unspecified atom stereocenters. The zero-order valence-corrected chi connectivity index (χ0v) is 20.6. The fourth-order valence-corrected chi connectivity index (χ4v) is 5.44. The molecule has 2 heterocycles. The Kier molecular flexibility index (Phi) is 6.89. The number of nitrogens with one attached hydrogen (secondary N) is 1. The lowest BCUT2D eigenvalue weighted by atomic mass is 10.0. The molecule has 2 N–H and O–H groups in total. The standard InChI is InChI=1S/C29H32N4O3/c1-32(22-5-4-17-33(18-14-22)23-12-15-30-16-13-23)29(36)21-9-8-20-10-11-26(25(20)19-21)31-28(35)24-6-2-3-7-27(24)34/h2-3,6-9,12-13,15-16,19,22,26,34H,4-5,10-11,14,17-18H2,1H3,(H,31,35). The number of rotatable bonds is 5. The predicted molar refractivity (Wildman–Crippen MR) is 139 cm³/mol. The van der Waals surface area contributed by atoms with E-state index in [-0.39, 0.29) is 35.2 Å². The van der Waals surface area contributed by atoms with Gasteiger partial charge in [0.25, 0.3) is 11.8 Å². The molecule has 1 saturated heterocycles. The topological polar surface area (TPSA) is 85.8 Å². The van der Waals surface area contributed by atoms with Crippen molar-refractivity contribution in [1.82, 2.24) is 15.2 Å². The molecular weight excluding hydrogens is 452 g/mol. The molecule has 186 valence electrons. The van der Waals surface area contributed by atoms with Crippen molar-refractivity contribution in [2.75, 3.05) is 25.0 Å². The molecule has 7 heteroatoms. The molecule has 1 aliphatic carbocycles. The predicted octanol–water partition coefficient (Wildman–Crippen LogP) is 4.34. The maximum atomic E-state index is 13.5. The zero-order chi connectivity index (χ0) is 25.1. The summed E-state index contributed by atoms with van der Waals surface area (Å²) in [5, 5.41) is 13.1. The third-order valence-corrected chi connectivity index (χ3v) is 7.52. The largest absolute Gasteiger partial charge is 0.507 e. The third-order valence-electron chi connectivity index (χ3n) is 7.52. The van der Waals surface area contributed by atoms with E-state index in [1.54, 1.807) is 18.2 Å². The Morgan fingerprint density at radius 2 is 1.83 bits per heavy atom. The number of benzene rings is 2. The number of pyridine rings is 1. The Bertz CT molecular complexity index is 1250. The van der Waals surface area contributed by atoms with Gasteiger partial charge in [-0.3, -0.25) is 14.6 Å². The first kappa shape index (κ1) is 23.9. The number of anilines is 1. The van der Waals surface area contributed by atoms with E-state index in [1.165, 1.54) is 11.8 Å². The lowest BCUT2D eigenvalue weighted by Gasteiger charge is -2.28. The lowest BCUT2D eigenvalue weighted by Crippen LogP contribution is -2.38. The zero-order valence-electron chi connectivity index (χ0n) is 20.6. The van der Waals surface area contributed by atoms with E-state index in [9.17, 15) is 14.7 Å². The highest BCUT2D eigenvalue weighted by Gasteiger charge is 2.29. The number of nitrogens with zero attached hydrogens (tertiary/aromatic N) is 3. The van der Waals surface area contributed by atoms with Crippen LogP contribution in [0.2, 0.25) is 0 Å². The van der Waals surface area contributed by atoms with Crippen LogP contribution in [-0.4, -0.2) is 53.0 Å². The Morgan fingerprint density at radius 1 is 1.03 bits per heavy atom. The molecule has 1 aromatic heterocycles. The molecule has 1 aliphatic heterocycles. The number of phenolic OH excluding ortho intramolecular Hbond substituents is 1. The van der Waals surface area contributed by atoms with Gasteiger partial charge >= 0.3 is 0 Å². The van der Waals surface area contributed by atoms with Crippen molar-refractivity contribution in [1.29, 1.82) is 0 Å².